The van der Waals surface area contributed by atoms with Gasteiger partial charge in [-0.1, -0.05) is 0 Å². The van der Waals surface area contributed by atoms with E-state index in [0.717, 1.165) is 17.7 Å². The zero-order valence-electron chi connectivity index (χ0n) is 14.8. The summed E-state index contributed by atoms with van der Waals surface area (Å²) in [4.78, 5) is 11.2. The van der Waals surface area contributed by atoms with Crippen molar-refractivity contribution < 1.29 is 22.3 Å². The number of hydrogen-bond donors (Lipinski definition) is 0. The Bertz CT molecular complexity index is 982. The molecule has 27 heavy (non-hydrogen) atoms. The number of fused-ring (bicyclic) bond motifs is 2. The first-order valence-corrected chi connectivity index (χ1v) is 10.2. The van der Waals surface area contributed by atoms with Gasteiger partial charge in [0.25, 0.3) is 10.0 Å². The molecule has 7 heteroatoms. The number of anilines is 1. The van der Waals surface area contributed by atoms with Crippen LogP contribution >= 0.6 is 0 Å². The third-order valence-electron chi connectivity index (χ3n) is 5.80. The minimum Gasteiger partial charge on any atom is -0.381 e. The molecule has 4 rings (SSSR count). The Labute approximate surface area is 157 Å². The monoisotopic (exact) mass is 388 g/mol. The van der Waals surface area contributed by atoms with Crippen molar-refractivity contribution in [1.29, 1.82) is 0 Å². The third kappa shape index (κ3) is 2.68. The van der Waals surface area contributed by atoms with Crippen LogP contribution in [0.3, 0.4) is 0 Å². The molecule has 0 bridgehead atoms. The van der Waals surface area contributed by atoms with Crippen molar-refractivity contribution in [2.24, 2.45) is 0 Å². The number of carbonyl (C=O) groups excluding carboxylic acids is 1. The third-order valence-corrected chi connectivity index (χ3v) is 7.69. The summed E-state index contributed by atoms with van der Waals surface area (Å²) in [5, 5.41) is 0. The normalized spacial score (nSPS) is 21.3. The van der Waals surface area contributed by atoms with Gasteiger partial charge in [-0.2, -0.15) is 0 Å². The van der Waals surface area contributed by atoms with Gasteiger partial charge in [0.05, 0.1) is 16.6 Å². The quantitative estimate of drug-likeness (QED) is 0.811. The van der Waals surface area contributed by atoms with E-state index in [2.05, 4.69) is 0 Å². The lowest BCUT2D eigenvalue weighted by atomic mass is 9.71. The van der Waals surface area contributed by atoms with Gasteiger partial charge in [0.1, 0.15) is 5.82 Å². The first-order chi connectivity index (χ1) is 12.9. The number of nitrogens with zero attached hydrogens (tertiary/aromatic N) is 1. The van der Waals surface area contributed by atoms with E-state index >= 15 is 0 Å². The molecule has 1 fully saturated rings. The van der Waals surface area contributed by atoms with Crippen LogP contribution < -0.4 is 4.31 Å². The zero-order chi connectivity index (χ0) is 19.2. The second-order valence-corrected chi connectivity index (χ2v) is 8.85. The number of benzene rings is 2. The van der Waals surface area contributed by atoms with Crippen molar-refractivity contribution in [3.63, 3.8) is 0 Å². The van der Waals surface area contributed by atoms with Gasteiger partial charge >= 0.3 is 0 Å². The Morgan fingerprint density at radius 1 is 1.15 bits per heavy atom. The number of ether oxygens (including phenoxy) is 1. The van der Waals surface area contributed by atoms with Gasteiger partial charge in [0, 0.05) is 24.2 Å². The molecule has 141 valence electrons. The first-order valence-electron chi connectivity index (χ1n) is 8.80. The standard InChI is InChI=1S/C20H19FNO4S/c1-14-20(8-10-26-11-9-20)18-12-15(13-23)2-7-19(18)22(14)27(24,25)17-5-3-16(21)4-6-17/h2-7,12,14H,8-11H2,1H3. The van der Waals surface area contributed by atoms with Crippen molar-refractivity contribution in [2.45, 2.75) is 36.1 Å². The Kier molecular flexibility index (Phi) is 4.31. The van der Waals surface area contributed by atoms with Gasteiger partial charge in [0.2, 0.25) is 6.29 Å². The molecular formula is C20H19FNO4S. The molecule has 2 aliphatic rings. The lowest BCUT2D eigenvalue weighted by Gasteiger charge is -2.39. The van der Waals surface area contributed by atoms with Crippen LogP contribution in [0.1, 0.15) is 30.9 Å². The van der Waals surface area contributed by atoms with E-state index in [1.165, 1.54) is 16.4 Å². The van der Waals surface area contributed by atoms with Crippen LogP contribution in [0.4, 0.5) is 10.1 Å². The fourth-order valence-electron chi connectivity index (χ4n) is 4.33. The fraction of sp³-hybridized carbons (Fsp3) is 0.350. The van der Waals surface area contributed by atoms with E-state index in [4.69, 9.17) is 4.74 Å². The molecule has 1 saturated heterocycles. The van der Waals surface area contributed by atoms with Crippen molar-refractivity contribution in [3.8, 4) is 0 Å². The molecule has 5 nitrogen and oxygen atoms in total. The van der Waals surface area contributed by atoms with Crippen molar-refractivity contribution in [1.82, 2.24) is 0 Å². The van der Waals surface area contributed by atoms with E-state index in [-0.39, 0.29) is 10.9 Å². The molecule has 2 heterocycles. The van der Waals surface area contributed by atoms with Crippen LogP contribution in [0.25, 0.3) is 0 Å². The summed E-state index contributed by atoms with van der Waals surface area (Å²) in [5.41, 5.74) is 1.37. The number of rotatable bonds is 3. The molecule has 1 unspecified atom stereocenters. The van der Waals surface area contributed by atoms with Crippen LogP contribution in [0.15, 0.2) is 47.4 Å². The molecule has 1 radical (unpaired) electrons. The summed E-state index contributed by atoms with van der Waals surface area (Å²) in [7, 11) is -3.89. The summed E-state index contributed by atoms with van der Waals surface area (Å²) in [5.74, 6) is -0.490. The minimum atomic E-state index is -3.89. The molecule has 1 spiro atoms. The van der Waals surface area contributed by atoms with Gasteiger partial charge in [-0.3, -0.25) is 9.10 Å². The lowest BCUT2D eigenvalue weighted by Crippen LogP contribution is -2.48. The van der Waals surface area contributed by atoms with Crippen LogP contribution in [-0.4, -0.2) is 34.0 Å². The molecule has 1 atom stereocenters. The van der Waals surface area contributed by atoms with E-state index in [1.807, 2.05) is 13.2 Å². The molecule has 0 amide bonds. The molecule has 0 saturated carbocycles. The van der Waals surface area contributed by atoms with Crippen molar-refractivity contribution in [3.05, 3.63) is 59.4 Å². The van der Waals surface area contributed by atoms with Crippen LogP contribution in [0.5, 0.6) is 0 Å². The summed E-state index contributed by atoms with van der Waals surface area (Å²) < 4.78 is 47.0. The predicted octanol–water partition coefficient (Wildman–Crippen LogP) is 2.93. The highest BCUT2D eigenvalue weighted by molar-refractivity contribution is 7.92. The molecule has 0 aliphatic carbocycles. The Hall–Kier alpha value is -2.25. The summed E-state index contributed by atoms with van der Waals surface area (Å²) in [6.45, 7) is 2.95. The van der Waals surface area contributed by atoms with E-state index in [9.17, 15) is 17.6 Å². The highest BCUT2D eigenvalue weighted by Crippen LogP contribution is 2.52. The van der Waals surface area contributed by atoms with Crippen LogP contribution in [-0.2, 0) is 25.0 Å². The smallest absolute Gasteiger partial charge is 0.264 e. The van der Waals surface area contributed by atoms with Crippen LogP contribution in [0.2, 0.25) is 0 Å². The van der Waals surface area contributed by atoms with Gasteiger partial charge in [-0.15, -0.1) is 0 Å². The maximum atomic E-state index is 13.4. The Balaban J connectivity index is 1.90. The van der Waals surface area contributed by atoms with Gasteiger partial charge < -0.3 is 4.74 Å². The predicted molar refractivity (Wildman–Crippen MR) is 98.5 cm³/mol. The minimum absolute atomic E-state index is 0.0387. The average molecular weight is 388 g/mol. The first kappa shape index (κ1) is 18.1. The SMILES string of the molecule is CC1N(S(=O)(=O)c2ccc(F)cc2)c2ccc([C]=O)cc2C12CCOCC2. The number of hydrogen-bond acceptors (Lipinski definition) is 4. The maximum Gasteiger partial charge on any atom is 0.264 e. The largest absolute Gasteiger partial charge is 0.381 e. The van der Waals surface area contributed by atoms with Crippen molar-refractivity contribution >= 4 is 22.0 Å². The van der Waals surface area contributed by atoms with Gasteiger partial charge in [-0.05, 0) is 67.8 Å². The molecule has 2 aromatic rings. The molecule has 2 aromatic carbocycles. The second kappa shape index (κ2) is 6.42. The molecular weight excluding hydrogens is 369 g/mol. The summed E-state index contributed by atoms with van der Waals surface area (Å²) in [6, 6.07) is 9.46. The lowest BCUT2D eigenvalue weighted by molar-refractivity contribution is 0.0465. The second-order valence-electron chi connectivity index (χ2n) is 7.03. The summed E-state index contributed by atoms with van der Waals surface area (Å²) >= 11 is 0. The van der Waals surface area contributed by atoms with Crippen molar-refractivity contribution in [2.75, 3.05) is 17.5 Å². The fourth-order valence-corrected chi connectivity index (χ4v) is 6.07. The van der Waals surface area contributed by atoms with E-state index in [1.54, 1.807) is 18.2 Å². The average Bonchev–Trinajstić information content (AvgIpc) is 2.91. The van der Waals surface area contributed by atoms with Crippen LogP contribution in [0, 0.1) is 5.82 Å². The number of sulfonamides is 1. The van der Waals surface area contributed by atoms with Gasteiger partial charge in [0.15, 0.2) is 0 Å². The van der Waals surface area contributed by atoms with E-state index < -0.39 is 21.3 Å². The highest BCUT2D eigenvalue weighted by Gasteiger charge is 2.53. The molecule has 2 aliphatic heterocycles. The topological polar surface area (TPSA) is 63.7 Å². The highest BCUT2D eigenvalue weighted by atomic mass is 32.2. The van der Waals surface area contributed by atoms with Gasteiger partial charge in [-0.25, -0.2) is 12.8 Å². The Morgan fingerprint density at radius 3 is 2.44 bits per heavy atom. The molecule has 0 N–H and O–H groups in total. The Morgan fingerprint density at radius 2 is 1.81 bits per heavy atom. The summed E-state index contributed by atoms with van der Waals surface area (Å²) in [6.07, 6.45) is 3.23. The molecule has 0 aromatic heterocycles. The zero-order valence-corrected chi connectivity index (χ0v) is 15.6. The maximum absolute atomic E-state index is 13.4. The van der Waals surface area contributed by atoms with E-state index in [0.29, 0.717) is 37.3 Å². The number of halogens is 1.